The van der Waals surface area contributed by atoms with Crippen LogP contribution in [0.1, 0.15) is 41.0 Å². The highest BCUT2D eigenvalue weighted by atomic mass is 16.5. The number of hydrogen-bond acceptors (Lipinski definition) is 3. The van der Waals surface area contributed by atoms with Crippen molar-refractivity contribution < 1.29 is 4.74 Å². The van der Waals surface area contributed by atoms with E-state index in [2.05, 4.69) is 44.8 Å². The van der Waals surface area contributed by atoms with Crippen LogP contribution in [-0.4, -0.2) is 49.8 Å². The second kappa shape index (κ2) is 8.97. The molecule has 2 atom stereocenters. The molecule has 2 unspecified atom stereocenters. The van der Waals surface area contributed by atoms with Crippen molar-refractivity contribution in [2.24, 2.45) is 0 Å². The van der Waals surface area contributed by atoms with E-state index in [4.69, 9.17) is 4.74 Å². The van der Waals surface area contributed by atoms with Gasteiger partial charge in [0.15, 0.2) is 0 Å². The molecule has 0 aliphatic heterocycles. The van der Waals surface area contributed by atoms with Gasteiger partial charge in [-0.2, -0.15) is 0 Å². The van der Waals surface area contributed by atoms with Crippen LogP contribution in [0.2, 0.25) is 0 Å². The summed E-state index contributed by atoms with van der Waals surface area (Å²) in [6.45, 7) is 14.1. The van der Waals surface area contributed by atoms with Crippen molar-refractivity contribution >= 4 is 0 Å². The summed E-state index contributed by atoms with van der Waals surface area (Å²) in [7, 11) is 1.78. The third-order valence-electron chi connectivity index (χ3n) is 3.04. The van der Waals surface area contributed by atoms with Gasteiger partial charge in [-0.05, 0) is 19.9 Å². The van der Waals surface area contributed by atoms with Gasteiger partial charge in [-0.1, -0.05) is 27.7 Å². The summed E-state index contributed by atoms with van der Waals surface area (Å²) in [5.74, 6) is 0. The summed E-state index contributed by atoms with van der Waals surface area (Å²) in [4.78, 5) is 2.53. The van der Waals surface area contributed by atoms with Gasteiger partial charge in [0.25, 0.3) is 0 Å². The van der Waals surface area contributed by atoms with Crippen LogP contribution in [-0.2, 0) is 4.74 Å². The van der Waals surface area contributed by atoms with Crippen molar-refractivity contribution in [3.05, 3.63) is 0 Å². The predicted octanol–water partition coefficient (Wildman–Crippen LogP) is 2.12. The molecular formula is C13H30N2O. The summed E-state index contributed by atoms with van der Waals surface area (Å²) in [6, 6.07) is 1.66. The van der Waals surface area contributed by atoms with Crippen LogP contribution in [0.3, 0.4) is 0 Å². The number of nitrogens with one attached hydrogen (secondary N) is 1. The van der Waals surface area contributed by atoms with E-state index in [-0.39, 0.29) is 0 Å². The molecule has 0 spiro atoms. The van der Waals surface area contributed by atoms with Crippen molar-refractivity contribution in [1.82, 2.24) is 10.2 Å². The molecule has 1 N–H and O–H groups in total. The molecule has 0 aliphatic rings. The molecule has 0 aromatic carbocycles. The lowest BCUT2D eigenvalue weighted by Gasteiger charge is -2.35. The minimum atomic E-state index is 0.494. The standard InChI is InChI=1S/C13H30N2O/c1-7-13(9-14-11(3)4)15(8-2)12(5)10-16-6/h11-14H,7-10H2,1-6H3. The first-order valence-corrected chi connectivity index (χ1v) is 6.54. The van der Waals surface area contributed by atoms with E-state index in [1.807, 2.05) is 0 Å². The first-order chi connectivity index (χ1) is 7.56. The molecule has 0 saturated carbocycles. The van der Waals surface area contributed by atoms with Crippen molar-refractivity contribution in [3.63, 3.8) is 0 Å². The molecular weight excluding hydrogens is 200 g/mol. The van der Waals surface area contributed by atoms with Gasteiger partial charge in [0.05, 0.1) is 6.61 Å². The number of hydrogen-bond donors (Lipinski definition) is 1. The molecule has 0 aliphatic carbocycles. The highest BCUT2D eigenvalue weighted by molar-refractivity contribution is 4.77. The smallest absolute Gasteiger partial charge is 0.0615 e. The molecule has 0 saturated heterocycles. The maximum absolute atomic E-state index is 5.24. The van der Waals surface area contributed by atoms with Crippen LogP contribution in [0.15, 0.2) is 0 Å². The molecule has 16 heavy (non-hydrogen) atoms. The third kappa shape index (κ3) is 5.83. The Labute approximate surface area is 102 Å². The molecule has 0 aromatic rings. The highest BCUT2D eigenvalue weighted by Gasteiger charge is 2.20. The molecule has 0 radical (unpaired) electrons. The molecule has 0 heterocycles. The Balaban J connectivity index is 4.25. The Morgan fingerprint density at radius 2 is 1.81 bits per heavy atom. The van der Waals surface area contributed by atoms with Gasteiger partial charge in [0.1, 0.15) is 0 Å². The average molecular weight is 230 g/mol. The largest absolute Gasteiger partial charge is 0.383 e. The number of rotatable bonds is 9. The molecule has 0 bridgehead atoms. The number of nitrogens with zero attached hydrogens (tertiary/aromatic N) is 1. The van der Waals surface area contributed by atoms with Gasteiger partial charge in [0.2, 0.25) is 0 Å². The fourth-order valence-electron chi connectivity index (χ4n) is 2.13. The van der Waals surface area contributed by atoms with E-state index in [0.717, 1.165) is 19.7 Å². The Kier molecular flexibility index (Phi) is 8.90. The SMILES string of the molecule is CCC(CNC(C)C)N(CC)C(C)COC. The lowest BCUT2D eigenvalue weighted by Crippen LogP contribution is -2.49. The Hall–Kier alpha value is -0.120. The minimum Gasteiger partial charge on any atom is -0.383 e. The van der Waals surface area contributed by atoms with E-state index in [0.29, 0.717) is 18.1 Å². The van der Waals surface area contributed by atoms with Gasteiger partial charge in [-0.25, -0.2) is 0 Å². The average Bonchev–Trinajstić information content (AvgIpc) is 2.24. The molecule has 3 nitrogen and oxygen atoms in total. The second-order valence-corrected chi connectivity index (χ2v) is 4.76. The molecule has 0 aromatic heterocycles. The first-order valence-electron chi connectivity index (χ1n) is 6.54. The second-order valence-electron chi connectivity index (χ2n) is 4.76. The minimum absolute atomic E-state index is 0.494. The highest BCUT2D eigenvalue weighted by Crippen LogP contribution is 2.09. The summed E-state index contributed by atoms with van der Waals surface area (Å²) in [6.07, 6.45) is 1.18. The zero-order valence-corrected chi connectivity index (χ0v) is 11.9. The number of likely N-dealkylation sites (N-methyl/N-ethyl adjacent to an activating group) is 1. The Bertz CT molecular complexity index is 162. The molecule has 0 fully saturated rings. The van der Waals surface area contributed by atoms with Crippen molar-refractivity contribution in [2.75, 3.05) is 26.8 Å². The van der Waals surface area contributed by atoms with Crippen LogP contribution in [0.4, 0.5) is 0 Å². The van der Waals surface area contributed by atoms with E-state index in [1.165, 1.54) is 6.42 Å². The summed E-state index contributed by atoms with van der Waals surface area (Å²) in [5, 5.41) is 3.53. The number of ether oxygens (including phenoxy) is 1. The fraction of sp³-hybridized carbons (Fsp3) is 1.00. The van der Waals surface area contributed by atoms with Crippen LogP contribution in [0, 0.1) is 0 Å². The van der Waals surface area contributed by atoms with Crippen LogP contribution >= 0.6 is 0 Å². The van der Waals surface area contributed by atoms with Crippen molar-refractivity contribution in [2.45, 2.75) is 59.2 Å². The zero-order chi connectivity index (χ0) is 12.6. The van der Waals surface area contributed by atoms with Gasteiger partial charge in [-0.3, -0.25) is 4.90 Å². The van der Waals surface area contributed by atoms with E-state index in [9.17, 15) is 0 Å². The number of methoxy groups -OCH3 is 1. The van der Waals surface area contributed by atoms with Crippen LogP contribution < -0.4 is 5.32 Å². The Morgan fingerprint density at radius 1 is 1.19 bits per heavy atom. The topological polar surface area (TPSA) is 24.5 Å². The zero-order valence-electron chi connectivity index (χ0n) is 11.9. The quantitative estimate of drug-likeness (QED) is 0.656. The van der Waals surface area contributed by atoms with Crippen LogP contribution in [0.25, 0.3) is 0 Å². The maximum Gasteiger partial charge on any atom is 0.0615 e. The van der Waals surface area contributed by atoms with Gasteiger partial charge >= 0.3 is 0 Å². The predicted molar refractivity (Wildman–Crippen MR) is 70.9 cm³/mol. The summed E-state index contributed by atoms with van der Waals surface area (Å²) in [5.41, 5.74) is 0. The van der Waals surface area contributed by atoms with Crippen molar-refractivity contribution in [1.29, 1.82) is 0 Å². The summed E-state index contributed by atoms with van der Waals surface area (Å²) < 4.78 is 5.24. The molecule has 98 valence electrons. The fourth-order valence-corrected chi connectivity index (χ4v) is 2.13. The van der Waals surface area contributed by atoms with Gasteiger partial charge in [0, 0.05) is 31.8 Å². The van der Waals surface area contributed by atoms with Gasteiger partial charge < -0.3 is 10.1 Å². The molecule has 0 amide bonds. The first kappa shape index (κ1) is 15.9. The van der Waals surface area contributed by atoms with Crippen molar-refractivity contribution in [3.8, 4) is 0 Å². The lowest BCUT2D eigenvalue weighted by atomic mass is 10.1. The van der Waals surface area contributed by atoms with Crippen LogP contribution in [0.5, 0.6) is 0 Å². The maximum atomic E-state index is 5.24. The Morgan fingerprint density at radius 3 is 2.19 bits per heavy atom. The molecule has 0 rings (SSSR count). The molecule has 3 heteroatoms. The monoisotopic (exact) mass is 230 g/mol. The van der Waals surface area contributed by atoms with E-state index < -0.39 is 0 Å². The summed E-state index contributed by atoms with van der Waals surface area (Å²) >= 11 is 0. The van der Waals surface area contributed by atoms with E-state index >= 15 is 0 Å². The van der Waals surface area contributed by atoms with E-state index in [1.54, 1.807) is 7.11 Å². The normalized spacial score (nSPS) is 15.8. The van der Waals surface area contributed by atoms with Gasteiger partial charge in [-0.15, -0.1) is 0 Å². The lowest BCUT2D eigenvalue weighted by molar-refractivity contribution is 0.0706. The third-order valence-corrected chi connectivity index (χ3v) is 3.04.